The number of benzene rings is 2. The molecule has 2 aromatic heterocycles. The van der Waals surface area contributed by atoms with Crippen LogP contribution in [0.25, 0.3) is 11.7 Å². The first-order valence-electron chi connectivity index (χ1n) is 9.78. The fourth-order valence-electron chi connectivity index (χ4n) is 3.15. The molecule has 34 heavy (non-hydrogen) atoms. The quantitative estimate of drug-likeness (QED) is 0.299. The summed E-state index contributed by atoms with van der Waals surface area (Å²) in [4.78, 5) is 17.1. The van der Waals surface area contributed by atoms with E-state index in [9.17, 15) is 18.5 Å². The van der Waals surface area contributed by atoms with E-state index in [4.69, 9.17) is 16.3 Å². The lowest BCUT2D eigenvalue weighted by molar-refractivity contribution is 0.461. The zero-order valence-electron chi connectivity index (χ0n) is 17.6. The summed E-state index contributed by atoms with van der Waals surface area (Å²) in [5.41, 5.74) is 0.272. The normalized spacial score (nSPS) is 11.9. The Balaban J connectivity index is 1.95. The third kappa shape index (κ3) is 4.61. The van der Waals surface area contributed by atoms with Crippen LogP contribution < -0.4 is 10.3 Å². The third-order valence-corrected chi connectivity index (χ3v) is 7.34. The van der Waals surface area contributed by atoms with Gasteiger partial charge in [0.25, 0.3) is 5.56 Å². The van der Waals surface area contributed by atoms with Gasteiger partial charge in [0.2, 0.25) is 15.7 Å². The zero-order valence-corrected chi connectivity index (χ0v) is 20.7. The van der Waals surface area contributed by atoms with Crippen LogP contribution in [0.5, 0.6) is 11.6 Å². The zero-order chi connectivity index (χ0) is 24.5. The second-order valence-electron chi connectivity index (χ2n) is 7.15. The van der Waals surface area contributed by atoms with Gasteiger partial charge in [-0.15, -0.1) is 0 Å². The first kappa shape index (κ1) is 23.7. The number of hydrogen-bond donors (Lipinski definition) is 0. The molecule has 0 spiro atoms. The Morgan fingerprint density at radius 3 is 2.47 bits per heavy atom. The summed E-state index contributed by atoms with van der Waals surface area (Å²) >= 11 is 9.19. The number of sulfone groups is 1. The minimum absolute atomic E-state index is 0.0895. The van der Waals surface area contributed by atoms with Gasteiger partial charge in [-0.2, -0.15) is 10.2 Å². The highest BCUT2D eigenvalue weighted by Gasteiger charge is 2.24. The Morgan fingerprint density at radius 2 is 1.82 bits per heavy atom. The van der Waals surface area contributed by atoms with E-state index in [0.29, 0.717) is 26.5 Å². The number of hydrogen-bond acceptors (Lipinski definition) is 6. The van der Waals surface area contributed by atoms with Crippen LogP contribution in [0.2, 0.25) is 5.02 Å². The van der Waals surface area contributed by atoms with Crippen LogP contribution in [0.3, 0.4) is 0 Å². The number of nitrogens with zero attached hydrogens (tertiary/aromatic N) is 3. The Morgan fingerprint density at radius 1 is 1.15 bits per heavy atom. The van der Waals surface area contributed by atoms with Gasteiger partial charge in [0.1, 0.15) is 27.9 Å². The summed E-state index contributed by atoms with van der Waals surface area (Å²) in [6.45, 7) is 1.78. The summed E-state index contributed by atoms with van der Waals surface area (Å²) in [5, 5.41) is 10.2. The van der Waals surface area contributed by atoms with Gasteiger partial charge in [-0.1, -0.05) is 33.6 Å². The Labute approximate surface area is 208 Å². The highest BCUT2D eigenvalue weighted by molar-refractivity contribution is 9.10. The van der Waals surface area contributed by atoms with Crippen LogP contribution in [0, 0.1) is 18.3 Å². The monoisotopic (exact) mass is 555 g/mol. The first-order valence-corrected chi connectivity index (χ1v) is 12.4. The SMILES string of the molecule is Cc1cccn2c(=O)c(C=C(C#N)S(=O)(=O)c3ccc(Br)cc3)c(Oc3ccc(Cl)cc3)nc12. The van der Waals surface area contributed by atoms with Gasteiger partial charge in [-0.3, -0.25) is 9.20 Å². The Bertz CT molecular complexity index is 1640. The molecule has 0 atom stereocenters. The summed E-state index contributed by atoms with van der Waals surface area (Å²) in [6.07, 6.45) is 2.50. The van der Waals surface area contributed by atoms with Crippen molar-refractivity contribution in [3.63, 3.8) is 0 Å². The topological polar surface area (TPSA) is 102 Å². The molecule has 10 heteroatoms. The standard InChI is InChI=1S/C24H15BrClN3O4S/c1-15-3-2-12-29-22(15)28-23(33-18-8-6-17(26)7-9-18)21(24(29)30)13-20(14-27)34(31,32)19-10-4-16(25)5-11-19/h2-13H,1H3. The molecule has 0 aliphatic rings. The maximum atomic E-state index is 13.4. The number of allylic oxidation sites excluding steroid dienone is 1. The molecule has 0 aliphatic heterocycles. The predicted octanol–water partition coefficient (Wildman–Crippen LogP) is 5.55. The minimum atomic E-state index is -4.21. The van der Waals surface area contributed by atoms with E-state index in [0.717, 1.165) is 6.08 Å². The van der Waals surface area contributed by atoms with E-state index in [1.54, 1.807) is 61.5 Å². The molecule has 2 aromatic carbocycles. The predicted molar refractivity (Wildman–Crippen MR) is 133 cm³/mol. The number of nitriles is 1. The number of fused-ring (bicyclic) bond motifs is 1. The average Bonchev–Trinajstić information content (AvgIpc) is 2.81. The van der Waals surface area contributed by atoms with Crippen molar-refractivity contribution in [3.8, 4) is 17.7 Å². The van der Waals surface area contributed by atoms with Gasteiger partial charge in [-0.05, 0) is 73.2 Å². The van der Waals surface area contributed by atoms with Gasteiger partial charge in [-0.25, -0.2) is 8.42 Å². The van der Waals surface area contributed by atoms with E-state index >= 15 is 0 Å². The van der Waals surface area contributed by atoms with Gasteiger partial charge >= 0.3 is 0 Å². The van der Waals surface area contributed by atoms with E-state index in [-0.39, 0.29) is 16.3 Å². The van der Waals surface area contributed by atoms with E-state index in [2.05, 4.69) is 20.9 Å². The molecule has 170 valence electrons. The molecule has 0 saturated carbocycles. The second kappa shape index (κ2) is 9.43. The highest BCUT2D eigenvalue weighted by Crippen LogP contribution is 2.28. The van der Waals surface area contributed by atoms with Crippen LogP contribution >= 0.6 is 27.5 Å². The van der Waals surface area contributed by atoms with Crippen molar-refractivity contribution >= 4 is 49.1 Å². The number of rotatable bonds is 5. The molecule has 0 unspecified atom stereocenters. The molecule has 0 fully saturated rings. The molecule has 4 aromatic rings. The van der Waals surface area contributed by atoms with Crippen molar-refractivity contribution < 1.29 is 13.2 Å². The number of halogens is 2. The van der Waals surface area contributed by atoms with Gasteiger partial charge in [0, 0.05) is 15.7 Å². The molecule has 0 N–H and O–H groups in total. The van der Waals surface area contributed by atoms with Crippen LogP contribution in [0.4, 0.5) is 0 Å². The Kier molecular flexibility index (Phi) is 6.57. The molecular formula is C24H15BrClN3O4S. The molecular weight excluding hydrogens is 542 g/mol. The number of aryl methyl sites for hydroxylation is 1. The number of aromatic nitrogens is 2. The summed E-state index contributed by atoms with van der Waals surface area (Å²) in [6, 6.07) is 17.3. The fraction of sp³-hybridized carbons (Fsp3) is 0.0417. The van der Waals surface area contributed by atoms with Crippen molar-refractivity contribution in [3.05, 3.63) is 103 Å². The van der Waals surface area contributed by atoms with Crippen molar-refractivity contribution in [1.82, 2.24) is 9.38 Å². The van der Waals surface area contributed by atoms with Crippen LogP contribution in [-0.4, -0.2) is 17.8 Å². The maximum Gasteiger partial charge on any atom is 0.269 e. The lowest BCUT2D eigenvalue weighted by Crippen LogP contribution is -2.20. The highest BCUT2D eigenvalue weighted by atomic mass is 79.9. The van der Waals surface area contributed by atoms with E-state index < -0.39 is 20.3 Å². The van der Waals surface area contributed by atoms with Crippen molar-refractivity contribution in [1.29, 1.82) is 5.26 Å². The molecule has 7 nitrogen and oxygen atoms in total. The molecule has 2 heterocycles. The van der Waals surface area contributed by atoms with Crippen LogP contribution in [0.15, 0.2) is 85.9 Å². The van der Waals surface area contributed by atoms with Gasteiger partial charge in [0.05, 0.1) is 4.90 Å². The van der Waals surface area contributed by atoms with Crippen LogP contribution in [-0.2, 0) is 9.84 Å². The molecule has 0 bridgehead atoms. The lowest BCUT2D eigenvalue weighted by atomic mass is 10.2. The van der Waals surface area contributed by atoms with Crippen molar-refractivity contribution in [2.75, 3.05) is 0 Å². The lowest BCUT2D eigenvalue weighted by Gasteiger charge is -2.12. The van der Waals surface area contributed by atoms with Gasteiger partial charge in [0.15, 0.2) is 0 Å². The average molecular weight is 557 g/mol. The summed E-state index contributed by atoms with van der Waals surface area (Å²) in [7, 11) is -4.21. The largest absolute Gasteiger partial charge is 0.438 e. The van der Waals surface area contributed by atoms with Crippen LogP contribution in [0.1, 0.15) is 11.1 Å². The van der Waals surface area contributed by atoms with Crippen molar-refractivity contribution in [2.45, 2.75) is 11.8 Å². The minimum Gasteiger partial charge on any atom is -0.438 e. The van der Waals surface area contributed by atoms with E-state index in [1.807, 2.05) is 0 Å². The summed E-state index contributed by atoms with van der Waals surface area (Å²) in [5.74, 6) is 0.193. The molecule has 0 saturated heterocycles. The van der Waals surface area contributed by atoms with Gasteiger partial charge < -0.3 is 4.74 Å². The summed E-state index contributed by atoms with van der Waals surface area (Å²) < 4.78 is 34.1. The second-order valence-corrected chi connectivity index (χ2v) is 10.4. The molecule has 0 amide bonds. The smallest absolute Gasteiger partial charge is 0.269 e. The third-order valence-electron chi connectivity index (χ3n) is 4.88. The molecule has 0 radical (unpaired) electrons. The number of ether oxygens (including phenoxy) is 1. The maximum absolute atomic E-state index is 13.4. The number of pyridine rings is 1. The fourth-order valence-corrected chi connectivity index (χ4v) is 4.68. The molecule has 4 rings (SSSR count). The van der Waals surface area contributed by atoms with E-state index in [1.165, 1.54) is 22.7 Å². The Hall–Kier alpha value is -3.45. The van der Waals surface area contributed by atoms with Crippen molar-refractivity contribution in [2.24, 2.45) is 0 Å². The first-order chi connectivity index (χ1) is 16.2. The molecule has 0 aliphatic carbocycles.